The SMILES string of the molecule is Cc1ccc(C(C)NCCN2CCSCC2)cc1F. The van der Waals surface area contributed by atoms with Gasteiger partial charge in [0.05, 0.1) is 0 Å². The molecule has 1 saturated heterocycles. The van der Waals surface area contributed by atoms with Gasteiger partial charge >= 0.3 is 0 Å². The van der Waals surface area contributed by atoms with Gasteiger partial charge in [0.1, 0.15) is 5.82 Å². The molecule has 0 amide bonds. The molecule has 2 nitrogen and oxygen atoms in total. The van der Waals surface area contributed by atoms with Crippen LogP contribution in [0.1, 0.15) is 24.1 Å². The van der Waals surface area contributed by atoms with Crippen LogP contribution >= 0.6 is 11.8 Å². The zero-order valence-electron chi connectivity index (χ0n) is 11.8. The highest BCUT2D eigenvalue weighted by atomic mass is 32.2. The van der Waals surface area contributed by atoms with Gasteiger partial charge in [0.2, 0.25) is 0 Å². The largest absolute Gasteiger partial charge is 0.309 e. The molecule has 1 aromatic rings. The number of rotatable bonds is 5. The van der Waals surface area contributed by atoms with E-state index in [0.717, 1.165) is 18.7 Å². The second-order valence-corrected chi connectivity index (χ2v) is 6.36. The first-order valence-electron chi connectivity index (χ1n) is 6.96. The monoisotopic (exact) mass is 282 g/mol. The van der Waals surface area contributed by atoms with Gasteiger partial charge in [-0.1, -0.05) is 12.1 Å². The normalized spacial score (nSPS) is 18.5. The van der Waals surface area contributed by atoms with Gasteiger partial charge in [-0.25, -0.2) is 4.39 Å². The number of halogens is 1. The van der Waals surface area contributed by atoms with Gasteiger partial charge < -0.3 is 10.2 Å². The fourth-order valence-corrected chi connectivity index (χ4v) is 3.24. The van der Waals surface area contributed by atoms with Crippen molar-refractivity contribution >= 4 is 11.8 Å². The van der Waals surface area contributed by atoms with E-state index in [1.54, 1.807) is 13.0 Å². The molecule has 0 radical (unpaired) electrons. The zero-order chi connectivity index (χ0) is 13.7. The van der Waals surface area contributed by atoms with Gasteiger partial charge in [0.15, 0.2) is 0 Å². The van der Waals surface area contributed by atoms with Crippen LogP contribution in [0.2, 0.25) is 0 Å². The number of nitrogens with one attached hydrogen (secondary N) is 1. The Bertz CT molecular complexity index is 405. The fourth-order valence-electron chi connectivity index (χ4n) is 2.26. The third-order valence-corrected chi connectivity index (χ3v) is 4.62. The standard InChI is InChI=1S/C15H23FN2S/c1-12-3-4-14(11-15(12)16)13(2)17-5-6-18-7-9-19-10-8-18/h3-4,11,13,17H,5-10H2,1-2H3. The molecule has 1 aliphatic heterocycles. The first-order valence-corrected chi connectivity index (χ1v) is 8.12. The predicted octanol–water partition coefficient (Wildman–Crippen LogP) is 2.83. The van der Waals surface area contributed by atoms with Gasteiger partial charge in [-0.3, -0.25) is 0 Å². The minimum Gasteiger partial charge on any atom is -0.309 e. The lowest BCUT2D eigenvalue weighted by Gasteiger charge is -2.27. The van der Waals surface area contributed by atoms with Crippen molar-refractivity contribution < 1.29 is 4.39 Å². The number of nitrogens with zero attached hydrogens (tertiary/aromatic N) is 1. The van der Waals surface area contributed by atoms with E-state index < -0.39 is 0 Å². The highest BCUT2D eigenvalue weighted by molar-refractivity contribution is 7.99. The Labute approximate surface area is 119 Å². The Kier molecular flexibility index (Phi) is 5.67. The van der Waals surface area contributed by atoms with E-state index in [9.17, 15) is 4.39 Å². The van der Waals surface area contributed by atoms with Crippen molar-refractivity contribution in [1.82, 2.24) is 10.2 Å². The van der Waals surface area contributed by atoms with Gasteiger partial charge in [0.25, 0.3) is 0 Å². The average Bonchev–Trinajstić information content (AvgIpc) is 2.43. The highest BCUT2D eigenvalue weighted by Gasteiger charge is 2.11. The maximum absolute atomic E-state index is 13.5. The van der Waals surface area contributed by atoms with Crippen LogP contribution in [0, 0.1) is 12.7 Å². The lowest BCUT2D eigenvalue weighted by molar-refractivity contribution is 0.296. The summed E-state index contributed by atoms with van der Waals surface area (Å²) in [5, 5.41) is 3.48. The minimum atomic E-state index is -0.112. The van der Waals surface area contributed by atoms with Crippen LogP contribution in [-0.4, -0.2) is 42.6 Å². The van der Waals surface area contributed by atoms with E-state index in [2.05, 4.69) is 17.1 Å². The molecular weight excluding hydrogens is 259 g/mol. The summed E-state index contributed by atoms with van der Waals surface area (Å²) in [7, 11) is 0. The zero-order valence-corrected chi connectivity index (χ0v) is 12.6. The summed E-state index contributed by atoms with van der Waals surface area (Å²) in [6.45, 7) is 8.32. The molecule has 1 N–H and O–H groups in total. The van der Waals surface area contributed by atoms with E-state index in [1.807, 2.05) is 23.9 Å². The van der Waals surface area contributed by atoms with Crippen molar-refractivity contribution in [1.29, 1.82) is 0 Å². The first kappa shape index (κ1) is 14.8. The molecule has 1 heterocycles. The van der Waals surface area contributed by atoms with E-state index in [-0.39, 0.29) is 11.9 Å². The molecule has 1 fully saturated rings. The lowest BCUT2D eigenvalue weighted by Crippen LogP contribution is -2.38. The van der Waals surface area contributed by atoms with Gasteiger partial charge in [-0.05, 0) is 31.0 Å². The maximum Gasteiger partial charge on any atom is 0.126 e. The Morgan fingerprint density at radius 3 is 2.79 bits per heavy atom. The molecule has 0 spiro atoms. The van der Waals surface area contributed by atoms with Crippen molar-refractivity contribution in [3.05, 3.63) is 35.1 Å². The number of thioether (sulfide) groups is 1. The fraction of sp³-hybridized carbons (Fsp3) is 0.600. The van der Waals surface area contributed by atoms with E-state index in [0.29, 0.717) is 5.56 Å². The number of hydrogen-bond donors (Lipinski definition) is 1. The number of aryl methyl sites for hydroxylation is 1. The maximum atomic E-state index is 13.5. The van der Waals surface area contributed by atoms with Crippen LogP contribution in [0.25, 0.3) is 0 Å². The molecule has 1 aliphatic rings. The molecule has 0 aliphatic carbocycles. The summed E-state index contributed by atoms with van der Waals surface area (Å²) in [5.74, 6) is 2.39. The van der Waals surface area contributed by atoms with Crippen LogP contribution in [0.4, 0.5) is 4.39 Å². The van der Waals surface area contributed by atoms with Crippen molar-refractivity contribution in [2.75, 3.05) is 37.7 Å². The number of benzene rings is 1. The number of hydrogen-bond acceptors (Lipinski definition) is 3. The summed E-state index contributed by atoms with van der Waals surface area (Å²) >= 11 is 2.03. The molecule has 19 heavy (non-hydrogen) atoms. The molecule has 1 atom stereocenters. The molecular formula is C15H23FN2S. The summed E-state index contributed by atoms with van der Waals surface area (Å²) in [5.41, 5.74) is 1.74. The predicted molar refractivity (Wildman–Crippen MR) is 81.3 cm³/mol. The third-order valence-electron chi connectivity index (χ3n) is 3.68. The Morgan fingerprint density at radius 2 is 2.11 bits per heavy atom. The molecule has 0 saturated carbocycles. The highest BCUT2D eigenvalue weighted by Crippen LogP contribution is 2.16. The van der Waals surface area contributed by atoms with Gasteiger partial charge in [-0.15, -0.1) is 0 Å². The van der Waals surface area contributed by atoms with Crippen LogP contribution in [-0.2, 0) is 0 Å². The van der Waals surface area contributed by atoms with Gasteiger partial charge in [0, 0.05) is 43.7 Å². The summed E-state index contributed by atoms with van der Waals surface area (Å²) in [6, 6.07) is 5.71. The van der Waals surface area contributed by atoms with Crippen molar-refractivity contribution in [2.24, 2.45) is 0 Å². The van der Waals surface area contributed by atoms with E-state index in [4.69, 9.17) is 0 Å². The van der Waals surface area contributed by atoms with Crippen LogP contribution in [0.15, 0.2) is 18.2 Å². The van der Waals surface area contributed by atoms with Crippen molar-refractivity contribution in [3.63, 3.8) is 0 Å². The topological polar surface area (TPSA) is 15.3 Å². The lowest BCUT2D eigenvalue weighted by atomic mass is 10.1. The minimum absolute atomic E-state index is 0.112. The van der Waals surface area contributed by atoms with E-state index >= 15 is 0 Å². The first-order chi connectivity index (χ1) is 9.16. The van der Waals surface area contributed by atoms with Crippen LogP contribution < -0.4 is 5.32 Å². The molecule has 2 rings (SSSR count). The summed E-state index contributed by atoms with van der Waals surface area (Å²) < 4.78 is 13.5. The average molecular weight is 282 g/mol. The quantitative estimate of drug-likeness (QED) is 0.894. The molecule has 4 heteroatoms. The Morgan fingerprint density at radius 1 is 1.37 bits per heavy atom. The van der Waals surface area contributed by atoms with Crippen LogP contribution in [0.3, 0.4) is 0 Å². The van der Waals surface area contributed by atoms with E-state index in [1.165, 1.54) is 24.6 Å². The molecule has 0 bridgehead atoms. The van der Waals surface area contributed by atoms with Crippen LogP contribution in [0.5, 0.6) is 0 Å². The van der Waals surface area contributed by atoms with Gasteiger partial charge in [-0.2, -0.15) is 11.8 Å². The molecule has 1 aromatic carbocycles. The Balaban J connectivity index is 1.76. The molecule has 106 valence electrons. The second kappa shape index (κ2) is 7.27. The molecule has 0 aromatic heterocycles. The Hall–Kier alpha value is -0.580. The van der Waals surface area contributed by atoms with Crippen molar-refractivity contribution in [3.8, 4) is 0 Å². The molecule has 1 unspecified atom stereocenters. The third kappa shape index (κ3) is 4.48. The summed E-state index contributed by atoms with van der Waals surface area (Å²) in [6.07, 6.45) is 0. The summed E-state index contributed by atoms with van der Waals surface area (Å²) in [4.78, 5) is 2.49. The second-order valence-electron chi connectivity index (χ2n) is 5.14. The smallest absolute Gasteiger partial charge is 0.126 e. The van der Waals surface area contributed by atoms with Crippen molar-refractivity contribution in [2.45, 2.75) is 19.9 Å².